The van der Waals surface area contributed by atoms with E-state index in [1.54, 1.807) is 10.8 Å². The minimum atomic E-state index is 0.565. The maximum absolute atomic E-state index is 5.54. The molecule has 0 radical (unpaired) electrons. The molecule has 0 atom stereocenters. The fraction of sp³-hybridized carbons (Fsp3) is 0.320. The van der Waals surface area contributed by atoms with Gasteiger partial charge in [-0.15, -0.1) is 5.10 Å². The van der Waals surface area contributed by atoms with Crippen LogP contribution in [0, 0.1) is 0 Å². The first-order chi connectivity index (χ1) is 16.2. The van der Waals surface area contributed by atoms with E-state index in [-0.39, 0.29) is 0 Å². The molecule has 0 unspecified atom stereocenters. The fourth-order valence-corrected chi connectivity index (χ4v) is 4.06. The Morgan fingerprint density at radius 1 is 1.12 bits per heavy atom. The molecule has 33 heavy (non-hydrogen) atoms. The van der Waals surface area contributed by atoms with E-state index in [1.165, 1.54) is 11.1 Å². The number of furan rings is 1. The first kappa shape index (κ1) is 21.4. The number of rotatable bonds is 8. The number of hydrogen-bond donors (Lipinski definition) is 1. The van der Waals surface area contributed by atoms with Gasteiger partial charge in [-0.05, 0) is 43.8 Å². The molecule has 1 N–H and O–H groups in total. The lowest BCUT2D eigenvalue weighted by atomic mass is 9.99. The Hall–Kier alpha value is -3.49. The van der Waals surface area contributed by atoms with Gasteiger partial charge in [0.05, 0.1) is 6.26 Å². The molecular weight excluding hydrogens is 414 g/mol. The van der Waals surface area contributed by atoms with Crippen molar-refractivity contribution in [1.29, 1.82) is 0 Å². The van der Waals surface area contributed by atoms with E-state index in [9.17, 15) is 0 Å². The van der Waals surface area contributed by atoms with Crippen LogP contribution in [0.1, 0.15) is 17.5 Å². The lowest BCUT2D eigenvalue weighted by Crippen LogP contribution is -2.28. The number of hydrogen-bond acceptors (Lipinski definition) is 7. The Bertz CT molecular complexity index is 1230. The van der Waals surface area contributed by atoms with Gasteiger partial charge in [0.15, 0.2) is 11.4 Å². The van der Waals surface area contributed by atoms with Crippen molar-refractivity contribution >= 4 is 17.2 Å². The number of likely N-dealkylation sites (N-methyl/N-ethyl adjacent to an activating group) is 1. The van der Waals surface area contributed by atoms with Gasteiger partial charge in [0.25, 0.3) is 0 Å². The Morgan fingerprint density at radius 2 is 2.00 bits per heavy atom. The molecular formula is C25H29N7O. The molecule has 4 heterocycles. The van der Waals surface area contributed by atoms with Crippen molar-refractivity contribution in [1.82, 2.24) is 29.4 Å². The van der Waals surface area contributed by atoms with Crippen LogP contribution in [-0.2, 0) is 6.54 Å². The largest absolute Gasteiger partial charge is 0.461 e. The number of aromatic nitrogens is 4. The zero-order chi connectivity index (χ0) is 22.6. The summed E-state index contributed by atoms with van der Waals surface area (Å²) in [7, 11) is 4.10. The molecule has 0 amide bonds. The van der Waals surface area contributed by atoms with E-state index >= 15 is 0 Å². The van der Waals surface area contributed by atoms with Crippen molar-refractivity contribution in [2.45, 2.75) is 13.0 Å². The molecule has 1 aromatic carbocycles. The van der Waals surface area contributed by atoms with Gasteiger partial charge in [-0.1, -0.05) is 36.4 Å². The zero-order valence-corrected chi connectivity index (χ0v) is 19.1. The Labute approximate surface area is 193 Å². The number of nitrogens with zero attached hydrogens (tertiary/aromatic N) is 6. The second kappa shape index (κ2) is 9.56. The first-order valence-corrected chi connectivity index (χ1v) is 11.3. The molecule has 5 rings (SSSR count). The molecule has 0 fully saturated rings. The summed E-state index contributed by atoms with van der Waals surface area (Å²) in [5.74, 6) is 1.90. The van der Waals surface area contributed by atoms with Crippen molar-refractivity contribution in [3.63, 3.8) is 0 Å². The molecule has 0 saturated heterocycles. The predicted octanol–water partition coefficient (Wildman–Crippen LogP) is 3.65. The molecule has 4 aromatic rings. The third-order valence-electron chi connectivity index (χ3n) is 5.85. The monoisotopic (exact) mass is 443 g/mol. The van der Waals surface area contributed by atoms with Crippen LogP contribution in [0.25, 0.3) is 22.8 Å². The normalized spacial score (nSPS) is 14.7. The lowest BCUT2D eigenvalue weighted by molar-refractivity contribution is 0.294. The number of nitrogens with one attached hydrogen (secondary N) is 1. The molecule has 0 spiro atoms. The van der Waals surface area contributed by atoms with Crippen LogP contribution in [0.15, 0.2) is 65.4 Å². The van der Waals surface area contributed by atoms with Gasteiger partial charge in [0, 0.05) is 44.5 Å². The topological polar surface area (TPSA) is 74.7 Å². The van der Waals surface area contributed by atoms with Crippen molar-refractivity contribution in [3.8, 4) is 11.6 Å². The summed E-state index contributed by atoms with van der Waals surface area (Å²) in [6, 6.07) is 14.4. The molecule has 170 valence electrons. The standard InChI is InChI=1S/C25H29N7O/c1-30(2)15-12-26-25-27-17-21(24-28-23(29-32(24)25)22-9-6-16-33-22)18-31-13-10-20(11-14-31)19-7-4-3-5-8-19/h3-10,16-17H,11-15,18H2,1-2H3,(H,26,27). The van der Waals surface area contributed by atoms with Crippen LogP contribution in [-0.4, -0.2) is 69.7 Å². The summed E-state index contributed by atoms with van der Waals surface area (Å²) in [5, 5.41) is 8.09. The number of benzene rings is 1. The van der Waals surface area contributed by atoms with E-state index in [1.807, 2.05) is 18.3 Å². The molecule has 1 aliphatic heterocycles. The van der Waals surface area contributed by atoms with Gasteiger partial charge in [0.1, 0.15) is 0 Å². The van der Waals surface area contributed by atoms with E-state index < -0.39 is 0 Å². The van der Waals surface area contributed by atoms with E-state index in [0.29, 0.717) is 17.5 Å². The van der Waals surface area contributed by atoms with Gasteiger partial charge < -0.3 is 14.6 Å². The highest BCUT2D eigenvalue weighted by atomic mass is 16.3. The van der Waals surface area contributed by atoms with Crippen LogP contribution < -0.4 is 5.32 Å². The average Bonchev–Trinajstić information content (AvgIpc) is 3.52. The lowest BCUT2D eigenvalue weighted by Gasteiger charge is -2.26. The van der Waals surface area contributed by atoms with Crippen LogP contribution in [0.4, 0.5) is 5.95 Å². The van der Waals surface area contributed by atoms with Crippen LogP contribution in [0.2, 0.25) is 0 Å². The van der Waals surface area contributed by atoms with Crippen LogP contribution >= 0.6 is 0 Å². The highest BCUT2D eigenvalue weighted by Crippen LogP contribution is 2.25. The summed E-state index contributed by atoms with van der Waals surface area (Å²) in [4.78, 5) is 14.0. The number of fused-ring (bicyclic) bond motifs is 1. The zero-order valence-electron chi connectivity index (χ0n) is 19.1. The predicted molar refractivity (Wildman–Crippen MR) is 130 cm³/mol. The molecule has 0 saturated carbocycles. The van der Waals surface area contributed by atoms with Gasteiger partial charge in [-0.2, -0.15) is 4.52 Å². The maximum atomic E-state index is 5.54. The van der Waals surface area contributed by atoms with Gasteiger partial charge in [-0.3, -0.25) is 4.90 Å². The summed E-state index contributed by atoms with van der Waals surface area (Å²) < 4.78 is 7.34. The Kier molecular flexibility index (Phi) is 6.19. The van der Waals surface area contributed by atoms with E-state index in [0.717, 1.165) is 50.4 Å². The second-order valence-corrected chi connectivity index (χ2v) is 8.57. The summed E-state index contributed by atoms with van der Waals surface area (Å²) in [5.41, 5.74) is 4.59. The van der Waals surface area contributed by atoms with Crippen molar-refractivity contribution in [2.24, 2.45) is 0 Å². The fourth-order valence-electron chi connectivity index (χ4n) is 4.06. The highest BCUT2D eigenvalue weighted by Gasteiger charge is 2.19. The minimum absolute atomic E-state index is 0.565. The van der Waals surface area contributed by atoms with Crippen molar-refractivity contribution < 1.29 is 4.42 Å². The smallest absolute Gasteiger partial charge is 0.225 e. The first-order valence-electron chi connectivity index (χ1n) is 11.3. The third kappa shape index (κ3) is 4.81. The number of anilines is 1. The minimum Gasteiger partial charge on any atom is -0.461 e. The van der Waals surface area contributed by atoms with Crippen molar-refractivity contribution in [3.05, 3.63) is 72.1 Å². The molecule has 8 heteroatoms. The molecule has 8 nitrogen and oxygen atoms in total. The Morgan fingerprint density at radius 3 is 2.73 bits per heavy atom. The van der Waals surface area contributed by atoms with Crippen LogP contribution in [0.5, 0.6) is 0 Å². The molecule has 0 aliphatic carbocycles. The van der Waals surface area contributed by atoms with Crippen molar-refractivity contribution in [2.75, 3.05) is 45.6 Å². The molecule has 3 aromatic heterocycles. The maximum Gasteiger partial charge on any atom is 0.225 e. The Balaban J connectivity index is 1.39. The van der Waals surface area contributed by atoms with Gasteiger partial charge >= 0.3 is 0 Å². The average molecular weight is 444 g/mol. The second-order valence-electron chi connectivity index (χ2n) is 8.57. The highest BCUT2D eigenvalue weighted by molar-refractivity contribution is 5.66. The summed E-state index contributed by atoms with van der Waals surface area (Å²) >= 11 is 0. The molecule has 0 bridgehead atoms. The summed E-state index contributed by atoms with van der Waals surface area (Å²) in [6.07, 6.45) is 6.92. The quantitative estimate of drug-likeness (QED) is 0.446. The van der Waals surface area contributed by atoms with E-state index in [2.05, 4.69) is 70.6 Å². The SMILES string of the molecule is CN(C)CCNc1ncc(CN2CC=C(c3ccccc3)CC2)c2nc(-c3ccco3)nn12. The molecule has 1 aliphatic rings. The van der Waals surface area contributed by atoms with Gasteiger partial charge in [0.2, 0.25) is 11.8 Å². The van der Waals surface area contributed by atoms with E-state index in [4.69, 9.17) is 14.5 Å². The van der Waals surface area contributed by atoms with Gasteiger partial charge in [-0.25, -0.2) is 9.97 Å². The third-order valence-corrected chi connectivity index (χ3v) is 5.85. The summed E-state index contributed by atoms with van der Waals surface area (Å²) in [6.45, 7) is 4.33. The van der Waals surface area contributed by atoms with Crippen LogP contribution in [0.3, 0.4) is 0 Å².